The molecule has 104 valence electrons. The summed E-state index contributed by atoms with van der Waals surface area (Å²) >= 11 is 0. The van der Waals surface area contributed by atoms with Gasteiger partial charge in [0.25, 0.3) is 0 Å². The average Bonchev–Trinajstić information content (AvgIpc) is 2.46. The minimum atomic E-state index is -0.845. The maximum atomic E-state index is 11.5. The fourth-order valence-corrected chi connectivity index (χ4v) is 2.18. The highest BCUT2D eigenvalue weighted by Gasteiger charge is 2.25. The molecule has 0 aliphatic rings. The van der Waals surface area contributed by atoms with E-state index in [1.807, 2.05) is 68.4 Å². The normalized spacial score (nSPS) is 13.5. The molecule has 0 heterocycles. The summed E-state index contributed by atoms with van der Waals surface area (Å²) in [5.74, 6) is -0.961. The van der Waals surface area contributed by atoms with E-state index in [1.165, 1.54) is 0 Å². The highest BCUT2D eigenvalue weighted by molar-refractivity contribution is 5.78. The number of carbonyl (C=O) groups is 1. The lowest BCUT2D eigenvalue weighted by atomic mass is 9.93. The molecule has 0 aromatic heterocycles. The third-order valence-electron chi connectivity index (χ3n) is 3.47. The Labute approximate surface area is 119 Å². The van der Waals surface area contributed by atoms with Crippen LogP contribution in [0.25, 0.3) is 0 Å². The van der Waals surface area contributed by atoms with E-state index in [-0.39, 0.29) is 5.92 Å². The second-order valence-corrected chi connectivity index (χ2v) is 5.03. The van der Waals surface area contributed by atoms with E-state index in [9.17, 15) is 9.90 Å². The van der Waals surface area contributed by atoms with Crippen LogP contribution in [0.5, 0.6) is 0 Å². The van der Waals surface area contributed by atoms with Gasteiger partial charge >= 0.3 is 5.97 Å². The number of anilines is 1. The van der Waals surface area contributed by atoms with Crippen LogP contribution < -0.4 is 5.32 Å². The summed E-state index contributed by atoms with van der Waals surface area (Å²) in [4.78, 5) is 11.5. The van der Waals surface area contributed by atoms with E-state index in [2.05, 4.69) is 5.32 Å². The van der Waals surface area contributed by atoms with Crippen molar-refractivity contribution in [2.45, 2.75) is 25.8 Å². The number of rotatable bonds is 5. The monoisotopic (exact) mass is 269 g/mol. The van der Waals surface area contributed by atoms with Crippen molar-refractivity contribution in [2.24, 2.45) is 0 Å². The van der Waals surface area contributed by atoms with E-state index in [0.29, 0.717) is 0 Å². The van der Waals surface area contributed by atoms with Crippen molar-refractivity contribution in [1.29, 1.82) is 0 Å². The smallest absolute Gasteiger partial charge is 0.326 e. The summed E-state index contributed by atoms with van der Waals surface area (Å²) in [5, 5.41) is 12.6. The molecule has 2 aromatic carbocycles. The molecule has 0 bridgehead atoms. The second kappa shape index (κ2) is 6.24. The third kappa shape index (κ3) is 3.38. The van der Waals surface area contributed by atoms with Crippen LogP contribution in [0.2, 0.25) is 0 Å². The van der Waals surface area contributed by atoms with Crippen molar-refractivity contribution in [3.05, 3.63) is 65.7 Å². The summed E-state index contributed by atoms with van der Waals surface area (Å²) < 4.78 is 0. The van der Waals surface area contributed by atoms with E-state index in [1.54, 1.807) is 0 Å². The topological polar surface area (TPSA) is 49.3 Å². The Morgan fingerprint density at radius 2 is 1.65 bits per heavy atom. The highest BCUT2D eigenvalue weighted by atomic mass is 16.4. The molecule has 20 heavy (non-hydrogen) atoms. The fourth-order valence-electron chi connectivity index (χ4n) is 2.18. The SMILES string of the molecule is Cc1ccc(NC(C(=O)O)C(C)c2ccccc2)cc1. The minimum absolute atomic E-state index is 0.116. The van der Waals surface area contributed by atoms with Crippen LogP contribution in [0.1, 0.15) is 24.0 Å². The van der Waals surface area contributed by atoms with Gasteiger partial charge in [-0.25, -0.2) is 4.79 Å². The van der Waals surface area contributed by atoms with Crippen molar-refractivity contribution in [3.8, 4) is 0 Å². The average molecular weight is 269 g/mol. The van der Waals surface area contributed by atoms with Crippen LogP contribution in [0.15, 0.2) is 54.6 Å². The molecule has 0 amide bonds. The molecule has 3 nitrogen and oxygen atoms in total. The van der Waals surface area contributed by atoms with Crippen molar-refractivity contribution in [3.63, 3.8) is 0 Å². The Morgan fingerprint density at radius 3 is 2.20 bits per heavy atom. The molecule has 0 saturated heterocycles. The van der Waals surface area contributed by atoms with E-state index >= 15 is 0 Å². The first-order valence-electron chi connectivity index (χ1n) is 6.69. The van der Waals surface area contributed by atoms with Crippen LogP contribution in [-0.2, 0) is 4.79 Å². The zero-order valence-electron chi connectivity index (χ0n) is 11.7. The molecular formula is C17H19NO2. The fraction of sp³-hybridized carbons (Fsp3) is 0.235. The van der Waals surface area contributed by atoms with E-state index in [0.717, 1.165) is 16.8 Å². The lowest BCUT2D eigenvalue weighted by Crippen LogP contribution is -2.34. The number of carboxylic acids is 1. The van der Waals surface area contributed by atoms with Gasteiger partial charge in [0.2, 0.25) is 0 Å². The van der Waals surface area contributed by atoms with Crippen LogP contribution >= 0.6 is 0 Å². The molecule has 2 rings (SSSR count). The lowest BCUT2D eigenvalue weighted by molar-refractivity contribution is -0.138. The number of aryl methyl sites for hydroxylation is 1. The van der Waals surface area contributed by atoms with Crippen LogP contribution in [0, 0.1) is 6.92 Å². The summed E-state index contributed by atoms with van der Waals surface area (Å²) in [7, 11) is 0. The number of hydrogen-bond donors (Lipinski definition) is 2. The Balaban J connectivity index is 2.19. The van der Waals surface area contributed by atoms with Gasteiger partial charge in [-0.2, -0.15) is 0 Å². The molecule has 2 atom stereocenters. The number of hydrogen-bond acceptors (Lipinski definition) is 2. The minimum Gasteiger partial charge on any atom is -0.480 e. The number of aliphatic carboxylic acids is 1. The van der Waals surface area contributed by atoms with E-state index < -0.39 is 12.0 Å². The Bertz CT molecular complexity index is 563. The molecule has 0 radical (unpaired) electrons. The molecule has 2 unspecified atom stereocenters. The first-order valence-corrected chi connectivity index (χ1v) is 6.69. The largest absolute Gasteiger partial charge is 0.480 e. The molecule has 0 aliphatic carbocycles. The van der Waals surface area contributed by atoms with Crippen LogP contribution in [-0.4, -0.2) is 17.1 Å². The Kier molecular flexibility index (Phi) is 4.41. The van der Waals surface area contributed by atoms with Gasteiger partial charge in [-0.05, 0) is 24.6 Å². The second-order valence-electron chi connectivity index (χ2n) is 5.03. The first-order chi connectivity index (χ1) is 9.58. The van der Waals surface area contributed by atoms with Gasteiger partial charge in [0.15, 0.2) is 0 Å². The number of carboxylic acid groups (broad SMARTS) is 1. The molecular weight excluding hydrogens is 250 g/mol. The molecule has 2 aromatic rings. The van der Waals surface area contributed by atoms with E-state index in [4.69, 9.17) is 0 Å². The quantitative estimate of drug-likeness (QED) is 0.870. The van der Waals surface area contributed by atoms with Gasteiger partial charge in [0, 0.05) is 11.6 Å². The molecule has 2 N–H and O–H groups in total. The van der Waals surface area contributed by atoms with Crippen molar-refractivity contribution < 1.29 is 9.90 Å². The highest BCUT2D eigenvalue weighted by Crippen LogP contribution is 2.22. The van der Waals surface area contributed by atoms with Gasteiger partial charge in [-0.1, -0.05) is 55.0 Å². The van der Waals surface area contributed by atoms with Gasteiger partial charge in [-0.3, -0.25) is 0 Å². The predicted octanol–water partition coefficient (Wildman–Crippen LogP) is 3.66. The van der Waals surface area contributed by atoms with Gasteiger partial charge in [0.1, 0.15) is 6.04 Å². The molecule has 0 aliphatic heterocycles. The summed E-state index contributed by atoms with van der Waals surface area (Å²) in [6.07, 6.45) is 0. The summed E-state index contributed by atoms with van der Waals surface area (Å²) in [5.41, 5.74) is 2.99. The lowest BCUT2D eigenvalue weighted by Gasteiger charge is -2.23. The van der Waals surface area contributed by atoms with Crippen molar-refractivity contribution in [1.82, 2.24) is 0 Å². The van der Waals surface area contributed by atoms with Crippen LogP contribution in [0.4, 0.5) is 5.69 Å². The predicted molar refractivity (Wildman–Crippen MR) is 81.1 cm³/mol. The van der Waals surface area contributed by atoms with Gasteiger partial charge in [-0.15, -0.1) is 0 Å². The summed E-state index contributed by atoms with van der Waals surface area (Å²) in [6.45, 7) is 3.93. The zero-order valence-corrected chi connectivity index (χ0v) is 11.7. The van der Waals surface area contributed by atoms with Gasteiger partial charge < -0.3 is 10.4 Å². The molecule has 0 saturated carbocycles. The van der Waals surface area contributed by atoms with Crippen molar-refractivity contribution >= 4 is 11.7 Å². The van der Waals surface area contributed by atoms with Crippen LogP contribution in [0.3, 0.4) is 0 Å². The van der Waals surface area contributed by atoms with Gasteiger partial charge in [0.05, 0.1) is 0 Å². The standard InChI is InChI=1S/C17H19NO2/c1-12-8-10-15(11-9-12)18-16(17(19)20)13(2)14-6-4-3-5-7-14/h3-11,13,16,18H,1-2H3,(H,19,20). The Morgan fingerprint density at radius 1 is 1.05 bits per heavy atom. The molecule has 0 fully saturated rings. The maximum Gasteiger partial charge on any atom is 0.326 e. The van der Waals surface area contributed by atoms with Crippen molar-refractivity contribution in [2.75, 3.05) is 5.32 Å². The zero-order chi connectivity index (χ0) is 14.5. The third-order valence-corrected chi connectivity index (χ3v) is 3.47. The number of nitrogens with one attached hydrogen (secondary N) is 1. The first kappa shape index (κ1) is 14.1. The molecule has 3 heteroatoms. The Hall–Kier alpha value is -2.29. The number of benzene rings is 2. The maximum absolute atomic E-state index is 11.5. The summed E-state index contributed by atoms with van der Waals surface area (Å²) in [6, 6.07) is 16.8. The molecule has 0 spiro atoms.